The average Bonchev–Trinajstić information content (AvgIpc) is 4.05. The maximum Gasteiger partial charge on any atom is 0.248 e. The highest BCUT2D eigenvalue weighted by Crippen LogP contribution is 2.55. The Bertz CT molecular complexity index is 3260. The first-order valence-electron chi connectivity index (χ1n) is 28.2. The predicted molar refractivity (Wildman–Crippen MR) is 299 cm³/mol. The number of nitriles is 1. The molecule has 0 unspecified atom stereocenters. The fourth-order valence-corrected chi connectivity index (χ4v) is 15.2. The number of fused-ring (bicyclic) bond motifs is 4. The molecule has 1 spiro atoms. The number of ether oxygens (including phenoxy) is 2. The van der Waals surface area contributed by atoms with Gasteiger partial charge in [-0.3, -0.25) is 9.59 Å². The van der Waals surface area contributed by atoms with Crippen LogP contribution in [-0.4, -0.2) is 126 Å². The van der Waals surface area contributed by atoms with Crippen molar-refractivity contribution in [2.45, 2.75) is 153 Å². The molecule has 4 fully saturated rings. The van der Waals surface area contributed by atoms with Crippen molar-refractivity contribution in [3.8, 4) is 39.8 Å². The number of hydrogen-bond acceptors (Lipinski definition) is 18. The average molecular weight is 1110 g/mol. The molecular weight excluding hydrogens is 1040 g/mol. The zero-order chi connectivity index (χ0) is 54.8. The molecule has 8 heterocycles. The molecule has 3 aliphatic heterocycles. The minimum atomic E-state index is -0.831. The number of β-amino-alcohol motifs (C(OH)–C–C–N with tert-alkyl or cyclic N) is 1. The lowest BCUT2D eigenvalue weighted by atomic mass is 9.63. The Morgan fingerprint density at radius 1 is 1.08 bits per heavy atom. The Balaban J connectivity index is 0.689. The van der Waals surface area contributed by atoms with E-state index in [4.69, 9.17) is 29.7 Å². The van der Waals surface area contributed by atoms with Gasteiger partial charge in [0.25, 0.3) is 0 Å². The molecule has 6 atom stereocenters. The van der Waals surface area contributed by atoms with Crippen molar-refractivity contribution in [1.82, 2.24) is 55.5 Å². The third-order valence-corrected chi connectivity index (χ3v) is 19.6. The highest BCUT2D eigenvalue weighted by Gasteiger charge is 2.50. The molecule has 3 saturated heterocycles. The number of piperidine rings is 1. The minimum Gasteiger partial charge on any atom is -0.477 e. The van der Waals surface area contributed by atoms with Crippen LogP contribution in [0, 0.1) is 29.1 Å². The van der Waals surface area contributed by atoms with Crippen molar-refractivity contribution < 1.29 is 28.7 Å². The quantitative estimate of drug-likeness (QED) is 0.0765. The molecule has 5 aromatic heterocycles. The molecule has 3 aliphatic carbocycles. The number of nitrogens with two attached hydrogens (primary N) is 1. The van der Waals surface area contributed by atoms with Gasteiger partial charge in [0, 0.05) is 54.0 Å². The second-order valence-corrected chi connectivity index (χ2v) is 26.2. The van der Waals surface area contributed by atoms with E-state index in [9.17, 15) is 20.0 Å². The van der Waals surface area contributed by atoms with E-state index < -0.39 is 29.0 Å². The Labute approximate surface area is 468 Å². The van der Waals surface area contributed by atoms with Crippen LogP contribution in [0.1, 0.15) is 154 Å². The molecule has 0 bridgehead atoms. The van der Waals surface area contributed by atoms with Crippen LogP contribution in [-0.2, 0) is 27.8 Å². The lowest BCUT2D eigenvalue weighted by molar-refractivity contribution is -0.144. The number of carbonyl (C=O) groups is 2. The summed E-state index contributed by atoms with van der Waals surface area (Å²) in [7, 11) is 0. The molecule has 0 radical (unpaired) electrons. The highest BCUT2D eigenvalue weighted by molar-refractivity contribution is 7.16. The summed E-state index contributed by atoms with van der Waals surface area (Å²) >= 11 is 3.13. The Morgan fingerprint density at radius 2 is 1.85 bits per heavy atom. The molecule has 19 nitrogen and oxygen atoms in total. The molecule has 6 aromatic rings. The number of amides is 2. The summed E-state index contributed by atoms with van der Waals surface area (Å²) in [5.74, 6) is 1.72. The molecule has 12 rings (SSSR count). The number of thiophene rings is 1. The Kier molecular flexibility index (Phi) is 14.4. The number of benzene rings is 1. The van der Waals surface area contributed by atoms with Gasteiger partial charge < -0.3 is 45.3 Å². The number of carbonyl (C=O) groups excluding carboxylic acids is 2. The fraction of sp³-hybridized carbons (Fsp3) is 0.569. The lowest BCUT2D eigenvalue weighted by Gasteiger charge is -2.39. The van der Waals surface area contributed by atoms with Gasteiger partial charge in [-0.05, 0) is 126 Å². The van der Waals surface area contributed by atoms with Crippen molar-refractivity contribution in [2.75, 3.05) is 51.6 Å². The van der Waals surface area contributed by atoms with E-state index in [0.29, 0.717) is 40.4 Å². The molecule has 416 valence electrons. The number of aliphatic hydroxyl groups excluding tert-OH is 1. The van der Waals surface area contributed by atoms with Gasteiger partial charge in [-0.25, -0.2) is 9.67 Å². The number of nitrogens with one attached hydrogen (secondary N) is 2. The first-order chi connectivity index (χ1) is 38.1. The summed E-state index contributed by atoms with van der Waals surface area (Å²) in [4.78, 5) is 49.3. The molecule has 79 heavy (non-hydrogen) atoms. The topological polar surface area (TPSA) is 249 Å². The van der Waals surface area contributed by atoms with E-state index in [1.165, 1.54) is 16.2 Å². The van der Waals surface area contributed by atoms with Crippen LogP contribution in [0.2, 0.25) is 0 Å². The standard InChI is InChI=1S/C58H71N13O6S2/c1-33(35-10-12-37(13-11-35)49-34(2)62-32-78-49)63-54(73)43-24-38(72)28-70(43)55(74)50(56(3,4)5)71-29-42(66-68-71)36-15-22-69(23-16-36)30-57(19-20-57)31-75-45-25-46(76-39-14-21-61-27-39)65-53(64-45)48-40-8-6-17-58(51(40)77-67-48)18-7-9-44-47(58)41(26-59)52(60)79-44/h10-13,25,29,32-33,36,38-39,43,50,61,72H,6-9,14-24,27-28,30-31,60H2,1-5H3,(H,63,73)/t33-,38+,39+,43-,50+,58-/m0/s1. The van der Waals surface area contributed by atoms with Gasteiger partial charge in [0.05, 0.1) is 57.6 Å². The van der Waals surface area contributed by atoms with E-state index in [1.807, 2.05) is 70.6 Å². The van der Waals surface area contributed by atoms with Crippen molar-refractivity contribution in [3.05, 3.63) is 86.3 Å². The van der Waals surface area contributed by atoms with Crippen LogP contribution in [0.25, 0.3) is 22.0 Å². The first kappa shape index (κ1) is 53.3. The summed E-state index contributed by atoms with van der Waals surface area (Å²) in [6.45, 7) is 14.8. The number of aryl methyl sites for hydroxylation is 2. The number of aromatic nitrogens is 7. The van der Waals surface area contributed by atoms with Crippen LogP contribution in [0.15, 0.2) is 46.6 Å². The predicted octanol–water partition coefficient (Wildman–Crippen LogP) is 7.83. The van der Waals surface area contributed by atoms with Crippen molar-refractivity contribution >= 4 is 39.5 Å². The maximum absolute atomic E-state index is 14.7. The summed E-state index contributed by atoms with van der Waals surface area (Å²) in [5.41, 5.74) is 14.2. The van der Waals surface area contributed by atoms with E-state index in [-0.39, 0.29) is 48.3 Å². The highest BCUT2D eigenvalue weighted by atomic mass is 32.1. The third kappa shape index (κ3) is 10.4. The number of likely N-dealkylation sites (tertiary alicyclic amines) is 2. The number of anilines is 1. The fourth-order valence-electron chi connectivity index (χ4n) is 13.2. The monoisotopic (exact) mass is 1110 g/mol. The molecule has 6 aliphatic rings. The van der Waals surface area contributed by atoms with Crippen molar-refractivity contribution in [3.63, 3.8) is 0 Å². The maximum atomic E-state index is 14.7. The molecule has 1 aromatic carbocycles. The number of rotatable bonds is 15. The second-order valence-electron chi connectivity index (χ2n) is 24.2. The van der Waals surface area contributed by atoms with Crippen LogP contribution in [0.5, 0.6) is 11.8 Å². The van der Waals surface area contributed by atoms with Gasteiger partial charge in [0.15, 0.2) is 17.3 Å². The lowest BCUT2D eigenvalue weighted by Crippen LogP contribution is -2.50. The summed E-state index contributed by atoms with van der Waals surface area (Å²) in [6, 6.07) is 10.4. The van der Waals surface area contributed by atoms with Gasteiger partial charge in [-0.2, -0.15) is 15.2 Å². The van der Waals surface area contributed by atoms with E-state index >= 15 is 0 Å². The first-order valence-corrected chi connectivity index (χ1v) is 29.9. The molecule has 21 heteroatoms. The normalized spacial score (nSPS) is 23.7. The number of hydrogen-bond donors (Lipinski definition) is 4. The molecule has 1 saturated carbocycles. The number of nitrogen functional groups attached to an aromatic ring is 1. The smallest absolute Gasteiger partial charge is 0.248 e. The van der Waals surface area contributed by atoms with Crippen LogP contribution >= 0.6 is 22.7 Å². The van der Waals surface area contributed by atoms with Crippen molar-refractivity contribution in [1.29, 1.82) is 5.26 Å². The summed E-state index contributed by atoms with van der Waals surface area (Å²) in [5, 5.41) is 42.2. The summed E-state index contributed by atoms with van der Waals surface area (Å²) in [6.07, 6.45) is 11.3. The van der Waals surface area contributed by atoms with Crippen LogP contribution < -0.4 is 25.8 Å². The molecular formula is C58H71N13O6S2. The zero-order valence-corrected chi connectivity index (χ0v) is 47.4. The number of thiazole rings is 1. The number of aliphatic hydroxyl groups is 1. The zero-order valence-electron chi connectivity index (χ0n) is 45.8. The van der Waals surface area contributed by atoms with Gasteiger partial charge in [0.1, 0.15) is 29.3 Å². The van der Waals surface area contributed by atoms with E-state index in [2.05, 4.69) is 42.1 Å². The van der Waals surface area contributed by atoms with Gasteiger partial charge >= 0.3 is 0 Å². The van der Waals surface area contributed by atoms with E-state index in [1.54, 1.807) is 27.0 Å². The SMILES string of the molecule is Cc1ncsc1-c1ccc([C@H](C)NC(=O)[C@@H]2C[C@@H](O)CN2C(=O)[C@@H](n2cc(C3CCN(CC4(COc5cc(O[C@@H]6CCNC6)nc(-c6noc7c6CCC[C@@]76CCCc7sc(N)c(C#N)c76)n5)CC4)CC3)nn2)C(C)(C)C)cc1. The Morgan fingerprint density at radius 3 is 2.56 bits per heavy atom. The van der Waals surface area contributed by atoms with Crippen molar-refractivity contribution in [2.24, 2.45) is 10.8 Å². The third-order valence-electron chi connectivity index (χ3n) is 17.6. The van der Waals surface area contributed by atoms with Gasteiger partial charge in [-0.15, -0.1) is 27.8 Å². The second kappa shape index (κ2) is 21.3. The van der Waals surface area contributed by atoms with Crippen LogP contribution in [0.3, 0.4) is 0 Å². The molecule has 5 N–H and O–H groups in total. The van der Waals surface area contributed by atoms with Crippen LogP contribution in [0.4, 0.5) is 5.00 Å². The number of nitrogens with zero attached hydrogens (tertiary/aromatic N) is 10. The molecule has 2 amide bonds. The van der Waals surface area contributed by atoms with Gasteiger partial charge in [-0.1, -0.05) is 55.4 Å². The summed E-state index contributed by atoms with van der Waals surface area (Å²) < 4.78 is 21.1. The van der Waals surface area contributed by atoms with E-state index in [0.717, 1.165) is 148 Å². The Hall–Kier alpha value is -6.31. The largest absolute Gasteiger partial charge is 0.477 e. The minimum absolute atomic E-state index is 0.0141. The van der Waals surface area contributed by atoms with Gasteiger partial charge in [0.2, 0.25) is 23.6 Å².